The van der Waals surface area contributed by atoms with E-state index < -0.39 is 12.0 Å². The number of nitrogens with one attached hydrogen (secondary N) is 1. The molecule has 2 aromatic carbocycles. The number of carboxylic acids is 1. The molecule has 0 saturated carbocycles. The van der Waals surface area contributed by atoms with E-state index in [-0.39, 0.29) is 0 Å². The molecular formula is C18H20ClNO4. The lowest BCUT2D eigenvalue weighted by molar-refractivity contribution is -0.139. The van der Waals surface area contributed by atoms with Gasteiger partial charge in [-0.2, -0.15) is 0 Å². The van der Waals surface area contributed by atoms with Gasteiger partial charge in [-0.3, -0.25) is 10.1 Å². The van der Waals surface area contributed by atoms with E-state index >= 15 is 0 Å². The quantitative estimate of drug-likeness (QED) is 0.761. The van der Waals surface area contributed by atoms with Gasteiger partial charge < -0.3 is 14.6 Å². The average molecular weight is 350 g/mol. The normalized spacial score (nSPS) is 11.8. The molecule has 2 N–H and O–H groups in total. The second kappa shape index (κ2) is 8.57. The standard InChI is InChI=1S/C18H20ClNO4/c1-3-24-15-10-12(9-14(19)17(15)23-2)11-20-16(18(21)22)13-7-5-4-6-8-13/h4-10,16,20H,3,11H2,1-2H3,(H,21,22)/t16-/m1/s1. The Labute approximate surface area is 146 Å². The number of aliphatic carboxylic acids is 1. The topological polar surface area (TPSA) is 67.8 Å². The van der Waals surface area contributed by atoms with Crippen LogP contribution in [0.4, 0.5) is 0 Å². The number of benzene rings is 2. The van der Waals surface area contributed by atoms with Crippen LogP contribution in [0.5, 0.6) is 11.5 Å². The Hall–Kier alpha value is -2.24. The fourth-order valence-electron chi connectivity index (χ4n) is 2.40. The summed E-state index contributed by atoms with van der Waals surface area (Å²) in [7, 11) is 1.53. The largest absolute Gasteiger partial charge is 0.491 e. The van der Waals surface area contributed by atoms with Crippen molar-refractivity contribution < 1.29 is 19.4 Å². The third kappa shape index (κ3) is 4.40. The highest BCUT2D eigenvalue weighted by atomic mass is 35.5. The van der Waals surface area contributed by atoms with Crippen LogP contribution >= 0.6 is 11.6 Å². The van der Waals surface area contributed by atoms with Crippen molar-refractivity contribution in [1.82, 2.24) is 5.32 Å². The summed E-state index contributed by atoms with van der Waals surface area (Å²) >= 11 is 6.22. The molecule has 0 radical (unpaired) electrons. The van der Waals surface area contributed by atoms with Crippen molar-refractivity contribution in [1.29, 1.82) is 0 Å². The van der Waals surface area contributed by atoms with Crippen LogP contribution in [0.1, 0.15) is 24.1 Å². The van der Waals surface area contributed by atoms with Crippen molar-refractivity contribution in [2.45, 2.75) is 19.5 Å². The third-order valence-electron chi connectivity index (χ3n) is 3.46. The first-order valence-electron chi connectivity index (χ1n) is 7.57. The van der Waals surface area contributed by atoms with Crippen molar-refractivity contribution >= 4 is 17.6 Å². The fourth-order valence-corrected chi connectivity index (χ4v) is 2.71. The van der Waals surface area contributed by atoms with Gasteiger partial charge in [0.1, 0.15) is 6.04 Å². The number of halogens is 1. The molecule has 6 heteroatoms. The monoisotopic (exact) mass is 349 g/mol. The molecule has 0 aliphatic carbocycles. The first-order valence-corrected chi connectivity index (χ1v) is 7.95. The zero-order valence-corrected chi connectivity index (χ0v) is 14.3. The average Bonchev–Trinajstić information content (AvgIpc) is 2.56. The van der Waals surface area contributed by atoms with Crippen LogP contribution in [0.2, 0.25) is 5.02 Å². The van der Waals surface area contributed by atoms with Crippen LogP contribution in [0, 0.1) is 0 Å². The number of ether oxygens (including phenoxy) is 2. The lowest BCUT2D eigenvalue weighted by Gasteiger charge is -2.17. The molecule has 0 aliphatic rings. The van der Waals surface area contributed by atoms with Crippen molar-refractivity contribution in [2.75, 3.05) is 13.7 Å². The molecule has 5 nitrogen and oxygen atoms in total. The summed E-state index contributed by atoms with van der Waals surface area (Å²) in [5.41, 5.74) is 1.50. The fraction of sp³-hybridized carbons (Fsp3) is 0.278. The van der Waals surface area contributed by atoms with Gasteiger partial charge in [-0.25, -0.2) is 0 Å². The van der Waals surface area contributed by atoms with Crippen LogP contribution in [0.25, 0.3) is 0 Å². The van der Waals surface area contributed by atoms with E-state index in [1.807, 2.05) is 25.1 Å². The van der Waals surface area contributed by atoms with Crippen LogP contribution in [0.15, 0.2) is 42.5 Å². The molecule has 2 rings (SSSR count). The lowest BCUT2D eigenvalue weighted by atomic mass is 10.1. The van der Waals surface area contributed by atoms with Gasteiger partial charge in [-0.1, -0.05) is 41.9 Å². The van der Waals surface area contributed by atoms with Crippen LogP contribution < -0.4 is 14.8 Å². The molecule has 0 aromatic heterocycles. The molecule has 0 unspecified atom stereocenters. The molecule has 2 aromatic rings. The van der Waals surface area contributed by atoms with Gasteiger partial charge in [0.25, 0.3) is 0 Å². The van der Waals surface area contributed by atoms with Crippen LogP contribution in [-0.2, 0) is 11.3 Å². The molecule has 0 aliphatic heterocycles. The number of rotatable bonds is 8. The molecule has 0 saturated heterocycles. The molecule has 0 spiro atoms. The Morgan fingerprint density at radius 2 is 2.00 bits per heavy atom. The maximum Gasteiger partial charge on any atom is 0.325 e. The Balaban J connectivity index is 2.19. The summed E-state index contributed by atoms with van der Waals surface area (Å²) in [6, 6.07) is 11.7. The second-order valence-corrected chi connectivity index (χ2v) is 5.51. The molecule has 0 amide bonds. The third-order valence-corrected chi connectivity index (χ3v) is 3.74. The summed E-state index contributed by atoms with van der Waals surface area (Å²) < 4.78 is 10.8. The maximum atomic E-state index is 11.5. The van der Waals surface area contributed by atoms with Crippen molar-refractivity contribution in [3.63, 3.8) is 0 Å². The summed E-state index contributed by atoms with van der Waals surface area (Å²) in [4.78, 5) is 11.5. The summed E-state index contributed by atoms with van der Waals surface area (Å²) in [5.74, 6) is 0.0711. The van der Waals surface area contributed by atoms with Gasteiger partial charge in [-0.15, -0.1) is 0 Å². The zero-order chi connectivity index (χ0) is 17.5. The van der Waals surface area contributed by atoms with Gasteiger partial charge in [0.05, 0.1) is 18.7 Å². The Morgan fingerprint density at radius 1 is 1.29 bits per heavy atom. The van der Waals surface area contributed by atoms with E-state index in [1.54, 1.807) is 24.3 Å². The van der Waals surface area contributed by atoms with Crippen LogP contribution in [0.3, 0.4) is 0 Å². The maximum absolute atomic E-state index is 11.5. The van der Waals surface area contributed by atoms with Gasteiger partial charge in [0, 0.05) is 6.54 Å². The molecule has 24 heavy (non-hydrogen) atoms. The predicted molar refractivity (Wildman–Crippen MR) is 92.8 cm³/mol. The number of hydrogen-bond acceptors (Lipinski definition) is 4. The zero-order valence-electron chi connectivity index (χ0n) is 13.6. The first kappa shape index (κ1) is 18.1. The number of hydrogen-bond donors (Lipinski definition) is 2. The first-order chi connectivity index (χ1) is 11.6. The minimum atomic E-state index is -0.939. The summed E-state index contributed by atoms with van der Waals surface area (Å²) in [5, 5.41) is 12.9. The smallest absolute Gasteiger partial charge is 0.325 e. The molecule has 1 atom stereocenters. The number of methoxy groups -OCH3 is 1. The van der Waals surface area contributed by atoms with Crippen molar-refractivity contribution in [3.05, 3.63) is 58.6 Å². The summed E-state index contributed by atoms with van der Waals surface area (Å²) in [6.07, 6.45) is 0. The Bertz CT molecular complexity index is 691. The van der Waals surface area contributed by atoms with Gasteiger partial charge in [-0.05, 0) is 30.2 Å². The molecule has 0 fully saturated rings. The van der Waals surface area contributed by atoms with Crippen molar-refractivity contribution in [2.24, 2.45) is 0 Å². The van der Waals surface area contributed by atoms with Gasteiger partial charge in [0.15, 0.2) is 11.5 Å². The van der Waals surface area contributed by atoms with Gasteiger partial charge >= 0.3 is 5.97 Å². The summed E-state index contributed by atoms with van der Waals surface area (Å²) in [6.45, 7) is 2.68. The highest BCUT2D eigenvalue weighted by Crippen LogP contribution is 2.36. The lowest BCUT2D eigenvalue weighted by Crippen LogP contribution is -2.28. The molecule has 0 bridgehead atoms. The SMILES string of the molecule is CCOc1cc(CN[C@@H](C(=O)O)c2ccccc2)cc(Cl)c1OC. The van der Waals surface area contributed by atoms with E-state index in [1.165, 1.54) is 7.11 Å². The molecular weight excluding hydrogens is 330 g/mol. The highest BCUT2D eigenvalue weighted by Gasteiger charge is 2.19. The number of carbonyl (C=O) groups is 1. The molecule has 0 heterocycles. The van der Waals surface area contributed by atoms with E-state index in [2.05, 4.69) is 5.32 Å². The Kier molecular flexibility index (Phi) is 6.46. The van der Waals surface area contributed by atoms with E-state index in [0.29, 0.717) is 35.2 Å². The van der Waals surface area contributed by atoms with E-state index in [4.69, 9.17) is 21.1 Å². The highest BCUT2D eigenvalue weighted by molar-refractivity contribution is 6.32. The second-order valence-electron chi connectivity index (χ2n) is 5.10. The van der Waals surface area contributed by atoms with Gasteiger partial charge in [0.2, 0.25) is 0 Å². The minimum Gasteiger partial charge on any atom is -0.491 e. The van der Waals surface area contributed by atoms with Crippen molar-refractivity contribution in [3.8, 4) is 11.5 Å². The van der Waals surface area contributed by atoms with E-state index in [9.17, 15) is 9.90 Å². The number of carboxylic acid groups (broad SMARTS) is 1. The minimum absolute atomic E-state index is 0.329. The van der Waals surface area contributed by atoms with E-state index in [0.717, 1.165) is 5.56 Å². The Morgan fingerprint density at radius 3 is 2.58 bits per heavy atom. The predicted octanol–water partition coefficient (Wildman–Crippen LogP) is 3.66. The van der Waals surface area contributed by atoms with Crippen LogP contribution in [-0.4, -0.2) is 24.8 Å². The molecule has 128 valence electrons.